The third-order valence-electron chi connectivity index (χ3n) is 4.00. The predicted molar refractivity (Wildman–Crippen MR) is 80.4 cm³/mol. The number of nitrogens with two attached hydrogens (primary N) is 1. The van der Waals surface area contributed by atoms with Gasteiger partial charge in [0.25, 0.3) is 0 Å². The van der Waals surface area contributed by atoms with Crippen molar-refractivity contribution in [1.82, 2.24) is 9.88 Å². The molecule has 1 aliphatic rings. The van der Waals surface area contributed by atoms with Crippen molar-refractivity contribution in [2.45, 2.75) is 39.3 Å². The standard InChI is InChI=1S/C15H26N4/c1-4-14-11-18(3)6-5-7-19(14)15-8-12(2)17-10-13(15)9-16/h8,10,14H,4-7,9,11,16H2,1-3H3. The maximum Gasteiger partial charge on any atom is 0.0448 e. The Hall–Kier alpha value is -1.13. The first-order valence-corrected chi connectivity index (χ1v) is 7.26. The molecule has 1 atom stereocenters. The van der Waals surface area contributed by atoms with Crippen molar-refractivity contribution in [2.24, 2.45) is 5.73 Å². The number of likely N-dealkylation sites (N-methyl/N-ethyl adjacent to an activating group) is 1. The van der Waals surface area contributed by atoms with Crippen LogP contribution in [0.15, 0.2) is 12.3 Å². The molecule has 2 N–H and O–H groups in total. The number of hydrogen-bond donors (Lipinski definition) is 1. The van der Waals surface area contributed by atoms with Gasteiger partial charge >= 0.3 is 0 Å². The van der Waals surface area contributed by atoms with Gasteiger partial charge in [-0.3, -0.25) is 4.98 Å². The van der Waals surface area contributed by atoms with E-state index in [0.717, 1.165) is 30.8 Å². The van der Waals surface area contributed by atoms with Gasteiger partial charge in [0, 0.05) is 48.8 Å². The zero-order valence-electron chi connectivity index (χ0n) is 12.4. The normalized spacial score (nSPS) is 21.5. The fraction of sp³-hybridized carbons (Fsp3) is 0.667. The van der Waals surface area contributed by atoms with Crippen molar-refractivity contribution in [3.05, 3.63) is 23.5 Å². The minimum Gasteiger partial charge on any atom is -0.367 e. The average Bonchev–Trinajstić information content (AvgIpc) is 2.60. The van der Waals surface area contributed by atoms with E-state index < -0.39 is 0 Å². The molecule has 1 unspecified atom stereocenters. The summed E-state index contributed by atoms with van der Waals surface area (Å²) in [6, 6.07) is 2.76. The second kappa shape index (κ2) is 6.35. The van der Waals surface area contributed by atoms with E-state index in [2.05, 4.69) is 41.7 Å². The molecule has 1 aromatic heterocycles. The quantitative estimate of drug-likeness (QED) is 0.902. The molecule has 1 saturated heterocycles. The number of nitrogens with zero attached hydrogens (tertiary/aromatic N) is 3. The van der Waals surface area contributed by atoms with Gasteiger partial charge in [0.05, 0.1) is 0 Å². The Balaban J connectivity index is 2.34. The van der Waals surface area contributed by atoms with Crippen LogP contribution in [0.25, 0.3) is 0 Å². The largest absolute Gasteiger partial charge is 0.367 e. The van der Waals surface area contributed by atoms with Crippen LogP contribution in [0.4, 0.5) is 5.69 Å². The van der Waals surface area contributed by atoms with E-state index in [4.69, 9.17) is 5.73 Å². The Morgan fingerprint density at radius 3 is 2.89 bits per heavy atom. The first kappa shape index (κ1) is 14.3. The van der Waals surface area contributed by atoms with E-state index in [9.17, 15) is 0 Å². The second-order valence-electron chi connectivity index (χ2n) is 5.53. The third-order valence-corrected chi connectivity index (χ3v) is 4.00. The Bertz CT molecular complexity index is 419. The fourth-order valence-electron chi connectivity index (χ4n) is 2.91. The molecule has 0 aliphatic carbocycles. The molecule has 0 bridgehead atoms. The summed E-state index contributed by atoms with van der Waals surface area (Å²) in [6.07, 6.45) is 4.31. The van der Waals surface area contributed by atoms with E-state index in [1.165, 1.54) is 18.7 Å². The second-order valence-corrected chi connectivity index (χ2v) is 5.53. The summed E-state index contributed by atoms with van der Waals surface area (Å²) in [5, 5.41) is 0. The van der Waals surface area contributed by atoms with Crippen LogP contribution >= 0.6 is 0 Å². The van der Waals surface area contributed by atoms with Crippen molar-refractivity contribution >= 4 is 5.69 Å². The van der Waals surface area contributed by atoms with E-state index >= 15 is 0 Å². The molecule has 0 aromatic carbocycles. The van der Waals surface area contributed by atoms with Crippen LogP contribution in [-0.4, -0.2) is 42.6 Å². The predicted octanol–water partition coefficient (Wildman–Crippen LogP) is 1.77. The maximum atomic E-state index is 5.88. The summed E-state index contributed by atoms with van der Waals surface area (Å²) in [4.78, 5) is 9.35. The zero-order chi connectivity index (χ0) is 13.8. The van der Waals surface area contributed by atoms with Crippen LogP contribution < -0.4 is 10.6 Å². The van der Waals surface area contributed by atoms with Gasteiger partial charge in [-0.25, -0.2) is 0 Å². The van der Waals surface area contributed by atoms with Crippen LogP contribution in [0.1, 0.15) is 31.0 Å². The van der Waals surface area contributed by atoms with Gasteiger partial charge < -0.3 is 15.5 Å². The Labute approximate surface area is 116 Å². The molecule has 1 fully saturated rings. The van der Waals surface area contributed by atoms with Gasteiger partial charge in [0.1, 0.15) is 0 Å². The summed E-state index contributed by atoms with van der Waals surface area (Å²) in [6.45, 7) is 8.29. The molecule has 0 radical (unpaired) electrons. The van der Waals surface area contributed by atoms with Gasteiger partial charge in [-0.1, -0.05) is 6.92 Å². The first-order chi connectivity index (χ1) is 9.15. The topological polar surface area (TPSA) is 45.4 Å². The molecule has 4 heteroatoms. The minimum absolute atomic E-state index is 0.561. The summed E-state index contributed by atoms with van der Waals surface area (Å²) in [5.41, 5.74) is 9.40. The number of aromatic nitrogens is 1. The minimum atomic E-state index is 0.561. The summed E-state index contributed by atoms with van der Waals surface area (Å²) in [5.74, 6) is 0. The third kappa shape index (κ3) is 3.25. The number of aryl methyl sites for hydroxylation is 1. The lowest BCUT2D eigenvalue weighted by Gasteiger charge is -2.33. The van der Waals surface area contributed by atoms with E-state index in [-0.39, 0.29) is 0 Å². The smallest absolute Gasteiger partial charge is 0.0448 e. The zero-order valence-corrected chi connectivity index (χ0v) is 12.4. The molecule has 0 spiro atoms. The molecule has 1 aliphatic heterocycles. The molecule has 2 rings (SSSR count). The first-order valence-electron chi connectivity index (χ1n) is 7.26. The maximum absolute atomic E-state index is 5.88. The van der Waals surface area contributed by atoms with E-state index in [0.29, 0.717) is 12.6 Å². The van der Waals surface area contributed by atoms with Crippen LogP contribution in [-0.2, 0) is 6.54 Å². The molecule has 4 nitrogen and oxygen atoms in total. The molecule has 1 aromatic rings. The molecular weight excluding hydrogens is 236 g/mol. The van der Waals surface area contributed by atoms with Gasteiger partial charge in [-0.2, -0.15) is 0 Å². The highest BCUT2D eigenvalue weighted by Crippen LogP contribution is 2.26. The monoisotopic (exact) mass is 262 g/mol. The highest BCUT2D eigenvalue weighted by molar-refractivity contribution is 5.54. The van der Waals surface area contributed by atoms with Gasteiger partial charge in [-0.15, -0.1) is 0 Å². The Morgan fingerprint density at radius 1 is 1.42 bits per heavy atom. The summed E-state index contributed by atoms with van der Waals surface area (Å²) < 4.78 is 0. The Kier molecular flexibility index (Phi) is 4.77. The summed E-state index contributed by atoms with van der Waals surface area (Å²) in [7, 11) is 2.22. The van der Waals surface area contributed by atoms with E-state index in [1.807, 2.05) is 6.20 Å². The van der Waals surface area contributed by atoms with Gasteiger partial charge in [0.2, 0.25) is 0 Å². The lowest BCUT2D eigenvalue weighted by molar-refractivity contribution is 0.328. The van der Waals surface area contributed by atoms with Crippen molar-refractivity contribution in [3.8, 4) is 0 Å². The lowest BCUT2D eigenvalue weighted by Crippen LogP contribution is -2.40. The van der Waals surface area contributed by atoms with Crippen LogP contribution in [0, 0.1) is 6.92 Å². The SMILES string of the molecule is CCC1CN(C)CCCN1c1cc(C)ncc1CN. The van der Waals surface area contributed by atoms with Gasteiger partial charge in [-0.05, 0) is 39.4 Å². The molecule has 106 valence electrons. The van der Waals surface area contributed by atoms with Crippen molar-refractivity contribution in [2.75, 3.05) is 31.6 Å². The number of anilines is 1. The average molecular weight is 262 g/mol. The molecule has 0 amide bonds. The molecule has 2 heterocycles. The lowest BCUT2D eigenvalue weighted by atomic mass is 10.1. The highest BCUT2D eigenvalue weighted by Gasteiger charge is 2.23. The number of hydrogen-bond acceptors (Lipinski definition) is 4. The molecular formula is C15H26N4. The van der Waals surface area contributed by atoms with Crippen LogP contribution in [0.2, 0.25) is 0 Å². The molecule has 0 saturated carbocycles. The van der Waals surface area contributed by atoms with Crippen LogP contribution in [0.5, 0.6) is 0 Å². The van der Waals surface area contributed by atoms with Crippen molar-refractivity contribution < 1.29 is 0 Å². The van der Waals surface area contributed by atoms with Crippen molar-refractivity contribution in [1.29, 1.82) is 0 Å². The van der Waals surface area contributed by atoms with Gasteiger partial charge in [0.15, 0.2) is 0 Å². The highest BCUT2D eigenvalue weighted by atomic mass is 15.2. The molecule has 19 heavy (non-hydrogen) atoms. The van der Waals surface area contributed by atoms with Crippen molar-refractivity contribution in [3.63, 3.8) is 0 Å². The Morgan fingerprint density at radius 2 is 2.21 bits per heavy atom. The summed E-state index contributed by atoms with van der Waals surface area (Å²) >= 11 is 0. The van der Waals surface area contributed by atoms with E-state index in [1.54, 1.807) is 0 Å². The van der Waals surface area contributed by atoms with Crippen LogP contribution in [0.3, 0.4) is 0 Å². The number of pyridine rings is 1. The number of rotatable bonds is 3. The fourth-order valence-corrected chi connectivity index (χ4v) is 2.91.